The molecule has 2 aromatic carbocycles. The highest BCUT2D eigenvalue weighted by Crippen LogP contribution is 2.40. The van der Waals surface area contributed by atoms with Gasteiger partial charge in [-0.2, -0.15) is 23.4 Å². The van der Waals surface area contributed by atoms with Crippen LogP contribution in [-0.4, -0.2) is 44.9 Å². The molecule has 0 unspecified atom stereocenters. The number of hydrogen-bond acceptors (Lipinski definition) is 8. The third kappa shape index (κ3) is 10.4. The number of nitrogens with one attached hydrogen (secondary N) is 3. The number of alkyl halides is 6. The van der Waals surface area contributed by atoms with Crippen molar-refractivity contribution in [2.45, 2.75) is 63.0 Å². The molecule has 1 aliphatic rings. The summed E-state index contributed by atoms with van der Waals surface area (Å²) < 4.78 is 79.2. The van der Waals surface area contributed by atoms with E-state index in [0.29, 0.717) is 11.1 Å². The van der Waals surface area contributed by atoms with Crippen LogP contribution in [0, 0.1) is 0 Å². The van der Waals surface area contributed by atoms with Gasteiger partial charge in [0.05, 0.1) is 24.2 Å². The molecule has 0 radical (unpaired) electrons. The molecule has 2 amide bonds. The van der Waals surface area contributed by atoms with Crippen molar-refractivity contribution in [2.75, 3.05) is 16.0 Å². The molecule has 1 saturated carbocycles. The first-order chi connectivity index (χ1) is 22.8. The second kappa shape index (κ2) is 14.6. The van der Waals surface area contributed by atoms with Gasteiger partial charge in [-0.3, -0.25) is 14.9 Å². The Morgan fingerprint density at radius 2 is 1.25 bits per heavy atom. The summed E-state index contributed by atoms with van der Waals surface area (Å²) in [5.74, 6) is -0.796. The number of ether oxygens (including phenoxy) is 1. The van der Waals surface area contributed by atoms with E-state index < -0.39 is 30.2 Å². The van der Waals surface area contributed by atoms with Crippen LogP contribution >= 0.6 is 0 Å². The maximum atomic E-state index is 12.6. The third-order valence-corrected chi connectivity index (χ3v) is 7.49. The van der Waals surface area contributed by atoms with Crippen LogP contribution < -0.4 is 20.7 Å². The maximum absolute atomic E-state index is 12.6. The van der Waals surface area contributed by atoms with Gasteiger partial charge < -0.3 is 15.4 Å². The van der Waals surface area contributed by atoms with E-state index in [9.17, 15) is 35.9 Å². The van der Waals surface area contributed by atoms with Gasteiger partial charge in [-0.25, -0.2) is 0 Å². The molecule has 0 saturated heterocycles. The largest absolute Gasteiger partial charge is 0.573 e. The van der Waals surface area contributed by atoms with Crippen molar-refractivity contribution in [3.05, 3.63) is 95.3 Å². The Bertz CT molecular complexity index is 1590. The van der Waals surface area contributed by atoms with E-state index in [4.69, 9.17) is 0 Å². The average Bonchev–Trinajstić information content (AvgIpc) is 3.00. The van der Waals surface area contributed by atoms with E-state index in [1.54, 1.807) is 30.3 Å². The number of amides is 2. The van der Waals surface area contributed by atoms with Gasteiger partial charge in [0.1, 0.15) is 5.75 Å². The maximum Gasteiger partial charge on any atom is 0.573 e. The summed E-state index contributed by atoms with van der Waals surface area (Å²) in [6.45, 7) is 0. The van der Waals surface area contributed by atoms with Gasteiger partial charge >= 0.3 is 12.7 Å². The SMILES string of the molecule is O=C(Cc1cccc(NC(F)(F)F)c1)Nc1ccc([C@@H]2CCC[C@H](c3ccc(NC(=O)Cc4cccc(OC(F)(F)F)c4)nn3)C2)nn1. The molecule has 0 aliphatic heterocycles. The predicted octanol–water partition coefficient (Wildman–Crippen LogP) is 6.90. The number of halogens is 6. The monoisotopic (exact) mass is 673 g/mol. The van der Waals surface area contributed by atoms with Gasteiger partial charge in [-0.15, -0.1) is 23.4 Å². The summed E-state index contributed by atoms with van der Waals surface area (Å²) in [4.78, 5) is 25.0. The zero-order valence-corrected chi connectivity index (χ0v) is 25.1. The van der Waals surface area contributed by atoms with Crippen LogP contribution in [0.1, 0.15) is 60.0 Å². The van der Waals surface area contributed by atoms with E-state index >= 15 is 0 Å². The van der Waals surface area contributed by atoms with Crippen molar-refractivity contribution in [1.82, 2.24) is 20.4 Å². The summed E-state index contributed by atoms with van der Waals surface area (Å²) in [5.41, 5.74) is 2.03. The van der Waals surface area contributed by atoms with Crippen LogP contribution in [0.15, 0.2) is 72.8 Å². The molecule has 4 aromatic rings. The van der Waals surface area contributed by atoms with Crippen molar-refractivity contribution < 1.29 is 40.7 Å². The van der Waals surface area contributed by atoms with Gasteiger partial charge in [0.25, 0.3) is 0 Å². The fourth-order valence-corrected chi connectivity index (χ4v) is 5.50. The molecule has 10 nitrogen and oxygen atoms in total. The Kier molecular flexibility index (Phi) is 10.4. The van der Waals surface area contributed by atoms with Crippen molar-refractivity contribution in [2.24, 2.45) is 0 Å². The van der Waals surface area contributed by atoms with E-state index in [2.05, 4.69) is 35.8 Å². The molecule has 5 rings (SSSR count). The molecular formula is C32H29F6N7O3. The van der Waals surface area contributed by atoms with Gasteiger partial charge in [0, 0.05) is 17.5 Å². The normalized spacial score (nSPS) is 16.5. The molecule has 0 spiro atoms. The lowest BCUT2D eigenvalue weighted by Crippen LogP contribution is -2.21. The lowest BCUT2D eigenvalue weighted by Gasteiger charge is -2.28. The summed E-state index contributed by atoms with van der Waals surface area (Å²) >= 11 is 0. The first-order valence-electron chi connectivity index (χ1n) is 14.8. The highest BCUT2D eigenvalue weighted by molar-refractivity contribution is 5.92. The fraction of sp³-hybridized carbons (Fsp3) is 0.312. The topological polar surface area (TPSA) is 131 Å². The molecule has 2 aromatic heterocycles. The summed E-state index contributed by atoms with van der Waals surface area (Å²) in [6.07, 6.45) is -6.41. The zero-order chi connectivity index (χ0) is 34.3. The minimum Gasteiger partial charge on any atom is -0.406 e. The lowest BCUT2D eigenvalue weighted by molar-refractivity contribution is -0.274. The quantitative estimate of drug-likeness (QED) is 0.122. The minimum atomic E-state index is -4.84. The Morgan fingerprint density at radius 3 is 1.75 bits per heavy atom. The van der Waals surface area contributed by atoms with Crippen molar-refractivity contribution >= 4 is 29.1 Å². The average molecular weight is 674 g/mol. The van der Waals surface area contributed by atoms with E-state index in [1.165, 1.54) is 35.6 Å². The zero-order valence-electron chi connectivity index (χ0n) is 25.1. The molecule has 3 N–H and O–H groups in total. The molecule has 2 atom stereocenters. The number of carbonyl (C=O) groups is 2. The predicted molar refractivity (Wildman–Crippen MR) is 162 cm³/mol. The number of benzene rings is 2. The first kappa shape index (κ1) is 34.1. The molecule has 1 aliphatic carbocycles. The number of rotatable bonds is 10. The van der Waals surface area contributed by atoms with Crippen molar-refractivity contribution in [1.29, 1.82) is 0 Å². The van der Waals surface area contributed by atoms with Crippen LogP contribution in [-0.2, 0) is 22.4 Å². The molecule has 1 fully saturated rings. The second-order valence-corrected chi connectivity index (χ2v) is 11.2. The Morgan fingerprint density at radius 1 is 0.708 bits per heavy atom. The Hall–Kier alpha value is -5.28. The Balaban J connectivity index is 1.11. The van der Waals surface area contributed by atoms with Gasteiger partial charge in [-0.1, -0.05) is 30.7 Å². The number of aromatic nitrogens is 4. The highest BCUT2D eigenvalue weighted by Gasteiger charge is 2.31. The number of anilines is 3. The van der Waals surface area contributed by atoms with Crippen molar-refractivity contribution in [3.63, 3.8) is 0 Å². The van der Waals surface area contributed by atoms with Gasteiger partial charge in [0.15, 0.2) is 11.6 Å². The van der Waals surface area contributed by atoms with E-state index in [-0.39, 0.29) is 42.0 Å². The summed E-state index contributed by atoms with van der Waals surface area (Å²) in [7, 11) is 0. The molecule has 2 heterocycles. The van der Waals surface area contributed by atoms with Crippen LogP contribution in [0.4, 0.5) is 43.7 Å². The van der Waals surface area contributed by atoms with Crippen molar-refractivity contribution in [3.8, 4) is 5.75 Å². The van der Waals surface area contributed by atoms with Crippen LogP contribution in [0.25, 0.3) is 0 Å². The molecular weight excluding hydrogens is 644 g/mol. The lowest BCUT2D eigenvalue weighted by atomic mass is 9.78. The van der Waals surface area contributed by atoms with Gasteiger partial charge in [0.2, 0.25) is 11.8 Å². The fourth-order valence-electron chi connectivity index (χ4n) is 5.50. The van der Waals surface area contributed by atoms with Crippen LogP contribution in [0.2, 0.25) is 0 Å². The molecule has 48 heavy (non-hydrogen) atoms. The standard InChI is InChI=1S/C32H29F6N7O3/c33-31(34,35)41-23-8-1-4-19(14-23)16-29(46)39-27-12-10-25(42-44-27)21-6-3-7-22(18-21)26-11-13-28(45-43-26)40-30(47)17-20-5-2-9-24(15-20)48-32(36,37)38/h1-2,4-5,8-15,21-22,41H,3,6-7,16-18H2,(H,39,44,46)(H,40,45,47)/t21-,22+/m1/s1. The van der Waals surface area contributed by atoms with Crippen LogP contribution in [0.5, 0.6) is 5.75 Å². The Labute approximate surface area is 270 Å². The minimum absolute atomic E-state index is 0.0705. The molecule has 0 bridgehead atoms. The van der Waals surface area contributed by atoms with E-state index in [1.807, 2.05) is 0 Å². The first-order valence-corrected chi connectivity index (χ1v) is 14.8. The number of nitrogens with zero attached hydrogens (tertiary/aromatic N) is 4. The van der Waals surface area contributed by atoms with E-state index in [0.717, 1.165) is 49.2 Å². The highest BCUT2D eigenvalue weighted by atomic mass is 19.4. The van der Waals surface area contributed by atoms with Crippen LogP contribution in [0.3, 0.4) is 0 Å². The second-order valence-electron chi connectivity index (χ2n) is 11.2. The summed E-state index contributed by atoms with van der Waals surface area (Å²) in [6, 6.07) is 17.4. The number of carbonyl (C=O) groups excluding carboxylic acids is 2. The van der Waals surface area contributed by atoms with Gasteiger partial charge in [-0.05, 0) is 78.9 Å². The smallest absolute Gasteiger partial charge is 0.406 e. The summed E-state index contributed by atoms with van der Waals surface area (Å²) in [5, 5.41) is 23.5. The number of hydrogen-bond donors (Lipinski definition) is 3. The molecule has 16 heteroatoms. The molecule has 252 valence electrons. The third-order valence-electron chi connectivity index (χ3n) is 7.49.